The maximum Gasteiger partial charge on any atom is 0.410 e. The van der Waals surface area contributed by atoms with Crippen LogP contribution in [0.3, 0.4) is 0 Å². The zero-order valence-electron chi connectivity index (χ0n) is 15.0. The van der Waals surface area contributed by atoms with Gasteiger partial charge >= 0.3 is 12.1 Å². The van der Waals surface area contributed by atoms with Crippen molar-refractivity contribution < 1.29 is 27.9 Å². The fraction of sp³-hybridized carbons (Fsp3) is 0.263. The van der Waals surface area contributed by atoms with Crippen molar-refractivity contribution in [3.63, 3.8) is 0 Å². The van der Waals surface area contributed by atoms with Crippen LogP contribution in [0.5, 0.6) is 0 Å². The van der Waals surface area contributed by atoms with E-state index in [2.05, 4.69) is 0 Å². The number of hydrogen-bond acceptors (Lipinski definition) is 5. The number of benzene rings is 2. The molecule has 0 saturated carbocycles. The number of nitrogens with zero attached hydrogens (tertiary/aromatic N) is 2. The van der Waals surface area contributed by atoms with Gasteiger partial charge in [-0.15, -0.1) is 0 Å². The second-order valence-corrected chi connectivity index (χ2v) is 8.20. The highest BCUT2D eigenvalue weighted by atomic mass is 32.2. The van der Waals surface area contributed by atoms with E-state index in [0.717, 1.165) is 5.56 Å². The first-order chi connectivity index (χ1) is 13.4. The van der Waals surface area contributed by atoms with E-state index in [0.29, 0.717) is 0 Å². The molecule has 0 aliphatic carbocycles. The summed E-state index contributed by atoms with van der Waals surface area (Å²) >= 11 is 0. The minimum absolute atomic E-state index is 0.0185. The van der Waals surface area contributed by atoms with Crippen molar-refractivity contribution in [2.24, 2.45) is 0 Å². The summed E-state index contributed by atoms with van der Waals surface area (Å²) in [4.78, 5) is 24.6. The van der Waals surface area contributed by atoms with Crippen LogP contribution in [0.1, 0.15) is 15.9 Å². The lowest BCUT2D eigenvalue weighted by Gasteiger charge is -2.33. The van der Waals surface area contributed by atoms with Crippen molar-refractivity contribution >= 4 is 22.1 Å². The number of piperazine rings is 1. The van der Waals surface area contributed by atoms with Gasteiger partial charge in [0.25, 0.3) is 0 Å². The minimum atomic E-state index is -3.75. The van der Waals surface area contributed by atoms with E-state index in [9.17, 15) is 18.0 Å². The first-order valence-electron chi connectivity index (χ1n) is 8.67. The van der Waals surface area contributed by atoms with Crippen molar-refractivity contribution in [3.05, 3.63) is 65.7 Å². The van der Waals surface area contributed by atoms with Gasteiger partial charge in [0.2, 0.25) is 10.0 Å². The number of carboxylic acids is 1. The van der Waals surface area contributed by atoms with Gasteiger partial charge in [-0.05, 0) is 29.8 Å². The van der Waals surface area contributed by atoms with Gasteiger partial charge in [0.05, 0.1) is 10.5 Å². The number of carboxylic acid groups (broad SMARTS) is 1. The maximum atomic E-state index is 12.7. The third-order valence-electron chi connectivity index (χ3n) is 4.44. The van der Waals surface area contributed by atoms with Gasteiger partial charge < -0.3 is 14.7 Å². The number of carbonyl (C=O) groups excluding carboxylic acids is 1. The number of aromatic carboxylic acids is 1. The van der Waals surface area contributed by atoms with Gasteiger partial charge in [-0.3, -0.25) is 0 Å². The van der Waals surface area contributed by atoms with Crippen LogP contribution in [0.4, 0.5) is 4.79 Å². The van der Waals surface area contributed by atoms with Gasteiger partial charge in [-0.1, -0.05) is 30.3 Å². The lowest BCUT2D eigenvalue weighted by Crippen LogP contribution is -2.50. The Kier molecular flexibility index (Phi) is 5.96. The average molecular weight is 404 g/mol. The number of amides is 1. The van der Waals surface area contributed by atoms with Crippen molar-refractivity contribution in [2.75, 3.05) is 26.2 Å². The molecule has 0 bridgehead atoms. The van der Waals surface area contributed by atoms with E-state index in [1.54, 1.807) is 0 Å². The molecule has 1 amide bonds. The Bertz CT molecular complexity index is 936. The van der Waals surface area contributed by atoms with Gasteiger partial charge in [-0.25, -0.2) is 18.0 Å². The summed E-state index contributed by atoms with van der Waals surface area (Å²) in [5, 5.41) is 8.92. The standard InChI is InChI=1S/C19H20N2O6S/c22-18(23)16-6-8-17(9-7-16)28(25,26)21-12-10-20(11-13-21)19(24)27-14-15-4-2-1-3-5-15/h1-9H,10-14H2,(H,22,23). The first kappa shape index (κ1) is 19.8. The Morgan fingerprint density at radius 1 is 0.929 bits per heavy atom. The molecule has 2 aromatic carbocycles. The van der Waals surface area contributed by atoms with Gasteiger partial charge in [0.1, 0.15) is 6.61 Å². The van der Waals surface area contributed by atoms with Crippen molar-refractivity contribution in [2.45, 2.75) is 11.5 Å². The van der Waals surface area contributed by atoms with Crippen LogP contribution in [0.15, 0.2) is 59.5 Å². The molecule has 3 rings (SSSR count). The van der Waals surface area contributed by atoms with E-state index in [1.807, 2.05) is 30.3 Å². The summed E-state index contributed by atoms with van der Waals surface area (Å²) in [6.45, 7) is 0.890. The second-order valence-electron chi connectivity index (χ2n) is 6.26. The minimum Gasteiger partial charge on any atom is -0.478 e. The Labute approximate surface area is 163 Å². The fourth-order valence-corrected chi connectivity index (χ4v) is 4.26. The van der Waals surface area contributed by atoms with Crippen LogP contribution in [0.25, 0.3) is 0 Å². The van der Waals surface area contributed by atoms with E-state index in [4.69, 9.17) is 9.84 Å². The lowest BCUT2D eigenvalue weighted by atomic mass is 10.2. The van der Waals surface area contributed by atoms with Gasteiger partial charge in [0.15, 0.2) is 0 Å². The highest BCUT2D eigenvalue weighted by Gasteiger charge is 2.30. The Hall–Kier alpha value is -2.91. The van der Waals surface area contributed by atoms with Crippen LogP contribution >= 0.6 is 0 Å². The Morgan fingerprint density at radius 3 is 2.11 bits per heavy atom. The Morgan fingerprint density at radius 2 is 1.54 bits per heavy atom. The molecule has 28 heavy (non-hydrogen) atoms. The number of sulfonamides is 1. The molecule has 0 spiro atoms. The highest BCUT2D eigenvalue weighted by molar-refractivity contribution is 7.89. The number of carbonyl (C=O) groups is 2. The summed E-state index contributed by atoms with van der Waals surface area (Å²) in [7, 11) is -3.75. The molecule has 1 heterocycles. The molecule has 9 heteroatoms. The molecule has 1 fully saturated rings. The third kappa shape index (κ3) is 4.49. The predicted molar refractivity (Wildman–Crippen MR) is 100 cm³/mol. The number of hydrogen-bond donors (Lipinski definition) is 1. The smallest absolute Gasteiger partial charge is 0.410 e. The molecule has 0 radical (unpaired) electrons. The van der Waals surface area contributed by atoms with E-state index >= 15 is 0 Å². The van der Waals surface area contributed by atoms with Gasteiger partial charge in [-0.2, -0.15) is 4.31 Å². The third-order valence-corrected chi connectivity index (χ3v) is 6.35. The van der Waals surface area contributed by atoms with Crippen LogP contribution in [-0.4, -0.2) is 61.0 Å². The molecule has 8 nitrogen and oxygen atoms in total. The van der Waals surface area contributed by atoms with E-state index in [1.165, 1.54) is 33.5 Å². The van der Waals surface area contributed by atoms with Crippen LogP contribution in [0.2, 0.25) is 0 Å². The van der Waals surface area contributed by atoms with Crippen molar-refractivity contribution in [3.8, 4) is 0 Å². The SMILES string of the molecule is O=C(O)c1ccc(S(=O)(=O)N2CCN(C(=O)OCc3ccccc3)CC2)cc1. The molecule has 0 aromatic heterocycles. The second kappa shape index (κ2) is 8.41. The molecule has 1 saturated heterocycles. The summed E-state index contributed by atoms with van der Waals surface area (Å²) in [6.07, 6.45) is -0.480. The van der Waals surface area contributed by atoms with Crippen LogP contribution in [0, 0.1) is 0 Å². The topological polar surface area (TPSA) is 104 Å². The molecule has 1 aliphatic heterocycles. The lowest BCUT2D eigenvalue weighted by molar-refractivity contribution is 0.0696. The van der Waals surface area contributed by atoms with Crippen molar-refractivity contribution in [1.29, 1.82) is 0 Å². The highest BCUT2D eigenvalue weighted by Crippen LogP contribution is 2.19. The fourth-order valence-electron chi connectivity index (χ4n) is 2.84. The summed E-state index contributed by atoms with van der Waals surface area (Å²) in [6, 6.07) is 14.4. The van der Waals surface area contributed by atoms with E-state index < -0.39 is 22.1 Å². The number of rotatable bonds is 5. The van der Waals surface area contributed by atoms with Crippen LogP contribution < -0.4 is 0 Å². The average Bonchev–Trinajstić information content (AvgIpc) is 2.73. The van der Waals surface area contributed by atoms with Crippen molar-refractivity contribution in [1.82, 2.24) is 9.21 Å². The summed E-state index contributed by atoms with van der Waals surface area (Å²) in [5.74, 6) is -1.12. The quantitative estimate of drug-likeness (QED) is 0.818. The summed E-state index contributed by atoms with van der Waals surface area (Å²) in [5.41, 5.74) is 0.895. The first-order valence-corrected chi connectivity index (χ1v) is 10.1. The summed E-state index contributed by atoms with van der Waals surface area (Å²) < 4.78 is 32.0. The van der Waals surface area contributed by atoms with Crippen LogP contribution in [-0.2, 0) is 21.4 Å². The largest absolute Gasteiger partial charge is 0.478 e. The molecule has 1 N–H and O–H groups in total. The molecule has 1 aliphatic rings. The Balaban J connectivity index is 1.56. The predicted octanol–water partition coefficient (Wildman–Crippen LogP) is 2.03. The zero-order chi connectivity index (χ0) is 20.1. The molecule has 0 unspecified atom stereocenters. The molecular weight excluding hydrogens is 384 g/mol. The maximum absolute atomic E-state index is 12.7. The molecule has 2 aromatic rings. The zero-order valence-corrected chi connectivity index (χ0v) is 15.8. The molecule has 148 valence electrons. The molecule has 0 atom stereocenters. The number of ether oxygens (including phenoxy) is 1. The normalized spacial score (nSPS) is 15.2. The molecular formula is C19H20N2O6S. The monoisotopic (exact) mass is 404 g/mol. The van der Waals surface area contributed by atoms with Gasteiger partial charge in [0, 0.05) is 26.2 Å². The van der Waals surface area contributed by atoms with E-state index in [-0.39, 0.29) is 43.2 Å².